The summed E-state index contributed by atoms with van der Waals surface area (Å²) in [7, 11) is 0. The van der Waals surface area contributed by atoms with E-state index in [1.807, 2.05) is 4.90 Å². The van der Waals surface area contributed by atoms with E-state index in [9.17, 15) is 4.79 Å². The Bertz CT molecular complexity index is 739. The second-order valence-corrected chi connectivity index (χ2v) is 6.85. The number of rotatable bonds is 4. The average Bonchev–Trinajstić information content (AvgIpc) is 2.60. The summed E-state index contributed by atoms with van der Waals surface area (Å²) in [6.45, 7) is 7.09. The Kier molecular flexibility index (Phi) is 5.31. The average molecular weight is 338 g/mol. The Hall–Kier alpha value is -2.43. The standard InChI is InChI=1S/C20H26N4O/c1-4-17-7-5-6-8-24(17)20(25)18-12-19(22-13-21-18)23-16-10-14(2)9-15(3)11-16/h9-13,17H,4-8H2,1-3H3,(H,21,22,23). The van der Waals surface area contributed by atoms with E-state index in [1.165, 1.54) is 23.9 Å². The third-order valence-electron chi connectivity index (χ3n) is 4.74. The Labute approximate surface area is 149 Å². The van der Waals surface area contributed by atoms with E-state index in [1.54, 1.807) is 6.07 Å². The number of nitrogens with one attached hydrogen (secondary N) is 1. The number of piperidine rings is 1. The van der Waals surface area contributed by atoms with Crippen molar-refractivity contribution in [2.75, 3.05) is 11.9 Å². The van der Waals surface area contributed by atoms with Crippen LogP contribution in [0.15, 0.2) is 30.6 Å². The van der Waals surface area contributed by atoms with Crippen molar-refractivity contribution in [3.8, 4) is 0 Å². The molecule has 5 nitrogen and oxygen atoms in total. The molecule has 2 aromatic rings. The lowest BCUT2D eigenvalue weighted by Crippen LogP contribution is -2.43. The van der Waals surface area contributed by atoms with Gasteiger partial charge in [-0.3, -0.25) is 4.79 Å². The van der Waals surface area contributed by atoms with Gasteiger partial charge >= 0.3 is 0 Å². The van der Waals surface area contributed by atoms with E-state index in [0.29, 0.717) is 17.6 Å². The van der Waals surface area contributed by atoms with Crippen LogP contribution >= 0.6 is 0 Å². The predicted molar refractivity (Wildman–Crippen MR) is 100 cm³/mol. The highest BCUT2D eigenvalue weighted by molar-refractivity contribution is 5.93. The molecule has 2 heterocycles. The zero-order valence-electron chi connectivity index (χ0n) is 15.2. The molecule has 1 fully saturated rings. The third-order valence-corrected chi connectivity index (χ3v) is 4.74. The monoisotopic (exact) mass is 338 g/mol. The van der Waals surface area contributed by atoms with Crippen molar-refractivity contribution in [1.29, 1.82) is 0 Å². The number of benzene rings is 1. The van der Waals surface area contributed by atoms with Crippen LogP contribution in [-0.4, -0.2) is 33.4 Å². The maximum Gasteiger partial charge on any atom is 0.272 e. The molecule has 5 heteroatoms. The van der Waals surface area contributed by atoms with Crippen LogP contribution in [0.25, 0.3) is 0 Å². The van der Waals surface area contributed by atoms with Crippen LogP contribution in [0.2, 0.25) is 0 Å². The molecule has 1 atom stereocenters. The number of hydrogen-bond acceptors (Lipinski definition) is 4. The van der Waals surface area contributed by atoms with E-state index in [0.717, 1.165) is 31.5 Å². The van der Waals surface area contributed by atoms with Crippen molar-refractivity contribution in [3.63, 3.8) is 0 Å². The quantitative estimate of drug-likeness (QED) is 0.906. The highest BCUT2D eigenvalue weighted by Crippen LogP contribution is 2.23. The normalized spacial score (nSPS) is 17.4. The lowest BCUT2D eigenvalue weighted by molar-refractivity contribution is 0.0602. The minimum atomic E-state index is 0.0115. The first-order chi connectivity index (χ1) is 12.1. The number of hydrogen-bond donors (Lipinski definition) is 1. The van der Waals surface area contributed by atoms with Gasteiger partial charge in [0.05, 0.1) is 0 Å². The van der Waals surface area contributed by atoms with Gasteiger partial charge in [0, 0.05) is 24.3 Å². The van der Waals surface area contributed by atoms with Gasteiger partial charge in [0.25, 0.3) is 5.91 Å². The summed E-state index contributed by atoms with van der Waals surface area (Å²) in [5.74, 6) is 0.658. The number of carbonyl (C=O) groups excluding carboxylic acids is 1. The van der Waals surface area contributed by atoms with E-state index in [2.05, 4.69) is 54.3 Å². The molecule has 0 spiro atoms. The fourth-order valence-electron chi connectivity index (χ4n) is 3.58. The minimum absolute atomic E-state index is 0.0115. The molecule has 0 bridgehead atoms. The summed E-state index contributed by atoms with van der Waals surface area (Å²) in [6.07, 6.45) is 5.81. The SMILES string of the molecule is CCC1CCCCN1C(=O)c1cc(Nc2cc(C)cc(C)c2)ncn1. The summed E-state index contributed by atoms with van der Waals surface area (Å²) in [5, 5.41) is 3.29. The lowest BCUT2D eigenvalue weighted by atomic mass is 9.99. The molecule has 1 aliphatic rings. The molecule has 3 rings (SSSR count). The van der Waals surface area contributed by atoms with E-state index >= 15 is 0 Å². The van der Waals surface area contributed by atoms with Gasteiger partial charge in [-0.15, -0.1) is 0 Å². The van der Waals surface area contributed by atoms with E-state index in [-0.39, 0.29) is 5.91 Å². The number of nitrogens with zero attached hydrogens (tertiary/aromatic N) is 3. The molecule has 1 aromatic heterocycles. The Morgan fingerprint density at radius 3 is 2.64 bits per heavy atom. The molecule has 1 amide bonds. The van der Waals surface area contributed by atoms with E-state index < -0.39 is 0 Å². The number of aryl methyl sites for hydroxylation is 2. The number of carbonyl (C=O) groups is 1. The van der Waals surface area contributed by atoms with Gasteiger partial charge in [-0.2, -0.15) is 0 Å². The Balaban J connectivity index is 1.79. The molecule has 0 aliphatic carbocycles. The van der Waals surface area contributed by atoms with Crippen molar-refractivity contribution < 1.29 is 4.79 Å². The van der Waals surface area contributed by atoms with Gasteiger partial charge in [0.15, 0.2) is 0 Å². The first kappa shape index (κ1) is 17.4. The van der Waals surface area contributed by atoms with E-state index in [4.69, 9.17) is 0 Å². The smallest absolute Gasteiger partial charge is 0.272 e. The zero-order chi connectivity index (χ0) is 17.8. The van der Waals surface area contributed by atoms with Crippen LogP contribution in [0, 0.1) is 13.8 Å². The molecular formula is C20H26N4O. The van der Waals surface area contributed by atoms with Gasteiger partial charge in [0.1, 0.15) is 17.8 Å². The van der Waals surface area contributed by atoms with Gasteiger partial charge in [-0.05, 0) is 62.8 Å². The molecule has 1 N–H and O–H groups in total. The summed E-state index contributed by atoms with van der Waals surface area (Å²) in [4.78, 5) is 23.4. The summed E-state index contributed by atoms with van der Waals surface area (Å²) >= 11 is 0. The van der Waals surface area contributed by atoms with Crippen LogP contribution in [0.4, 0.5) is 11.5 Å². The topological polar surface area (TPSA) is 58.1 Å². The molecule has 0 saturated carbocycles. The minimum Gasteiger partial charge on any atom is -0.340 e. The number of anilines is 2. The number of amides is 1. The Morgan fingerprint density at radius 2 is 1.92 bits per heavy atom. The van der Waals surface area contributed by atoms with Gasteiger partial charge in [-0.1, -0.05) is 13.0 Å². The number of aromatic nitrogens is 2. The van der Waals surface area contributed by atoms with Crippen LogP contribution in [-0.2, 0) is 0 Å². The molecule has 1 saturated heterocycles. The van der Waals surface area contributed by atoms with Crippen molar-refractivity contribution in [2.45, 2.75) is 52.5 Å². The van der Waals surface area contributed by atoms with Gasteiger partial charge in [0.2, 0.25) is 0 Å². The van der Waals surface area contributed by atoms with Gasteiger partial charge in [-0.25, -0.2) is 9.97 Å². The summed E-state index contributed by atoms with van der Waals surface area (Å²) < 4.78 is 0. The Morgan fingerprint density at radius 1 is 1.16 bits per heavy atom. The van der Waals surface area contributed by atoms with Crippen molar-refractivity contribution in [2.24, 2.45) is 0 Å². The van der Waals surface area contributed by atoms with Crippen LogP contribution in [0.1, 0.15) is 54.2 Å². The largest absolute Gasteiger partial charge is 0.340 e. The molecule has 25 heavy (non-hydrogen) atoms. The predicted octanol–water partition coefficient (Wildman–Crippen LogP) is 4.24. The fourth-order valence-corrected chi connectivity index (χ4v) is 3.58. The van der Waals surface area contributed by atoms with Crippen molar-refractivity contribution in [3.05, 3.63) is 47.4 Å². The third kappa shape index (κ3) is 4.16. The number of likely N-dealkylation sites (tertiary alicyclic amines) is 1. The second kappa shape index (κ2) is 7.64. The molecule has 1 aromatic carbocycles. The summed E-state index contributed by atoms with van der Waals surface area (Å²) in [6, 6.07) is 8.33. The van der Waals surface area contributed by atoms with Crippen LogP contribution in [0.3, 0.4) is 0 Å². The second-order valence-electron chi connectivity index (χ2n) is 6.85. The zero-order valence-corrected chi connectivity index (χ0v) is 15.2. The highest BCUT2D eigenvalue weighted by Gasteiger charge is 2.27. The molecule has 1 unspecified atom stereocenters. The first-order valence-corrected chi connectivity index (χ1v) is 9.05. The molecular weight excluding hydrogens is 312 g/mol. The van der Waals surface area contributed by atoms with Crippen LogP contribution < -0.4 is 5.32 Å². The van der Waals surface area contributed by atoms with Crippen LogP contribution in [0.5, 0.6) is 0 Å². The maximum absolute atomic E-state index is 12.9. The fraction of sp³-hybridized carbons (Fsp3) is 0.450. The molecule has 1 aliphatic heterocycles. The maximum atomic E-state index is 12.9. The molecule has 0 radical (unpaired) electrons. The van der Waals surface area contributed by atoms with Gasteiger partial charge < -0.3 is 10.2 Å². The first-order valence-electron chi connectivity index (χ1n) is 9.05. The van der Waals surface area contributed by atoms with Crippen molar-refractivity contribution in [1.82, 2.24) is 14.9 Å². The van der Waals surface area contributed by atoms with Crippen molar-refractivity contribution >= 4 is 17.4 Å². The highest BCUT2D eigenvalue weighted by atomic mass is 16.2. The summed E-state index contributed by atoms with van der Waals surface area (Å²) in [5.41, 5.74) is 3.81. The lowest BCUT2D eigenvalue weighted by Gasteiger charge is -2.35. The molecule has 132 valence electrons.